The zero-order valence-electron chi connectivity index (χ0n) is 13.2. The Morgan fingerprint density at radius 3 is 2.62 bits per heavy atom. The molecule has 0 radical (unpaired) electrons. The summed E-state index contributed by atoms with van der Waals surface area (Å²) in [6.07, 6.45) is -1.47. The molecule has 1 unspecified atom stereocenters. The summed E-state index contributed by atoms with van der Waals surface area (Å²) in [5.41, 5.74) is 0. The summed E-state index contributed by atoms with van der Waals surface area (Å²) in [4.78, 5) is 24.9. The van der Waals surface area contributed by atoms with E-state index < -0.39 is 32.3 Å². The Bertz CT molecular complexity index is 466. The van der Waals surface area contributed by atoms with E-state index in [4.69, 9.17) is 9.16 Å². The minimum absolute atomic E-state index is 0.203. The van der Waals surface area contributed by atoms with E-state index in [2.05, 4.69) is 0 Å². The van der Waals surface area contributed by atoms with E-state index in [0.29, 0.717) is 13.0 Å². The van der Waals surface area contributed by atoms with Crippen LogP contribution in [-0.4, -0.2) is 50.4 Å². The van der Waals surface area contributed by atoms with Crippen LogP contribution in [0.1, 0.15) is 27.2 Å². The first-order chi connectivity index (χ1) is 9.51. The number of hydrogen-bond donors (Lipinski definition) is 1. The van der Waals surface area contributed by atoms with Crippen LogP contribution >= 0.6 is 0 Å². The van der Waals surface area contributed by atoms with Crippen molar-refractivity contribution in [3.63, 3.8) is 0 Å². The van der Waals surface area contributed by atoms with Crippen molar-refractivity contribution in [2.24, 2.45) is 0 Å². The second-order valence-corrected chi connectivity index (χ2v) is 11.7. The van der Waals surface area contributed by atoms with Crippen molar-refractivity contribution in [3.05, 3.63) is 0 Å². The molecular weight excluding hydrogens is 295 g/mol. The van der Waals surface area contributed by atoms with E-state index in [1.54, 1.807) is 0 Å². The molecule has 2 heterocycles. The molecule has 0 bridgehead atoms. The van der Waals surface area contributed by atoms with Crippen LogP contribution in [0, 0.1) is 0 Å². The molecule has 21 heavy (non-hydrogen) atoms. The minimum Gasteiger partial charge on any atom is -0.371 e. The highest BCUT2D eigenvalue weighted by atomic mass is 28.4. The summed E-state index contributed by atoms with van der Waals surface area (Å²) in [5.74, 6) is -2.92. The van der Waals surface area contributed by atoms with Crippen molar-refractivity contribution in [2.45, 2.75) is 57.4 Å². The maximum absolute atomic E-state index is 14.6. The molecule has 6 nitrogen and oxygen atoms in total. The van der Waals surface area contributed by atoms with Gasteiger partial charge in [0, 0.05) is 6.54 Å². The molecule has 0 aliphatic carbocycles. The molecular formula is C13H23FN2O4Si. The Balaban J connectivity index is 2.42. The highest BCUT2D eigenvalue weighted by Crippen LogP contribution is 2.43. The number of ether oxygens (including phenoxy) is 1. The van der Waals surface area contributed by atoms with Gasteiger partial charge in [-0.1, -0.05) is 20.8 Å². The van der Waals surface area contributed by atoms with Crippen LogP contribution < -0.4 is 5.32 Å². The van der Waals surface area contributed by atoms with Gasteiger partial charge in [-0.3, -0.25) is 15.0 Å². The Kier molecular flexibility index (Phi) is 3.92. The molecule has 0 spiro atoms. The normalized spacial score (nSPS) is 31.0. The van der Waals surface area contributed by atoms with Crippen LogP contribution in [0.4, 0.5) is 9.18 Å². The largest absolute Gasteiger partial charge is 0.371 e. The second kappa shape index (κ2) is 5.03. The molecule has 120 valence electrons. The SMILES string of the molecule is CC(C)(C)[Si](C)(C)OC12OCCCN1C(=O)NC(=O)[C@H]2F. The molecule has 2 saturated heterocycles. The van der Waals surface area contributed by atoms with Crippen molar-refractivity contribution < 1.29 is 23.1 Å². The number of nitrogens with one attached hydrogen (secondary N) is 1. The smallest absolute Gasteiger partial charge is 0.328 e. The van der Waals surface area contributed by atoms with Gasteiger partial charge in [0.25, 0.3) is 18.0 Å². The number of carbonyl (C=O) groups excluding carboxylic acids is 2. The first kappa shape index (κ1) is 16.4. The summed E-state index contributed by atoms with van der Waals surface area (Å²) in [6, 6.07) is -0.660. The third-order valence-electron chi connectivity index (χ3n) is 4.44. The molecule has 0 aromatic carbocycles. The third-order valence-corrected chi connectivity index (χ3v) is 8.86. The Morgan fingerprint density at radius 2 is 2.05 bits per heavy atom. The first-order valence-electron chi connectivity index (χ1n) is 7.12. The monoisotopic (exact) mass is 318 g/mol. The predicted octanol–water partition coefficient (Wildman–Crippen LogP) is 1.97. The molecule has 0 aromatic heterocycles. The lowest BCUT2D eigenvalue weighted by Crippen LogP contribution is -2.75. The maximum atomic E-state index is 14.6. The van der Waals surface area contributed by atoms with Gasteiger partial charge in [0.1, 0.15) is 0 Å². The van der Waals surface area contributed by atoms with Crippen LogP contribution in [0.25, 0.3) is 0 Å². The third kappa shape index (κ3) is 2.60. The second-order valence-electron chi connectivity index (χ2n) is 7.00. The zero-order valence-corrected chi connectivity index (χ0v) is 14.2. The topological polar surface area (TPSA) is 67.9 Å². The number of imide groups is 1. The number of carbonyl (C=O) groups is 2. The fraction of sp³-hybridized carbons (Fsp3) is 0.846. The van der Waals surface area contributed by atoms with Gasteiger partial charge in [0.05, 0.1) is 6.61 Å². The van der Waals surface area contributed by atoms with Crippen LogP contribution in [0.15, 0.2) is 0 Å². The summed E-state index contributed by atoms with van der Waals surface area (Å²) >= 11 is 0. The summed E-state index contributed by atoms with van der Waals surface area (Å²) < 4.78 is 26.2. The van der Waals surface area contributed by atoms with Crippen LogP contribution in [0.5, 0.6) is 0 Å². The van der Waals surface area contributed by atoms with Gasteiger partial charge in [-0.25, -0.2) is 9.18 Å². The maximum Gasteiger partial charge on any atom is 0.328 e. The summed E-state index contributed by atoms with van der Waals surface area (Å²) in [6.45, 7) is 10.4. The molecule has 0 saturated carbocycles. The van der Waals surface area contributed by atoms with Crippen molar-refractivity contribution in [1.82, 2.24) is 10.2 Å². The highest BCUT2D eigenvalue weighted by Gasteiger charge is 2.61. The lowest BCUT2D eigenvalue weighted by atomic mass is 10.1. The first-order valence-corrected chi connectivity index (χ1v) is 10.0. The zero-order chi connectivity index (χ0) is 16.1. The number of alkyl halides is 1. The van der Waals surface area contributed by atoms with Crippen LogP contribution in [0.3, 0.4) is 0 Å². The van der Waals surface area contributed by atoms with Gasteiger partial charge < -0.3 is 9.16 Å². The molecule has 2 rings (SSSR count). The molecule has 0 aromatic rings. The van der Waals surface area contributed by atoms with Gasteiger partial charge in [0.2, 0.25) is 0 Å². The minimum atomic E-state index is -2.45. The predicted molar refractivity (Wildman–Crippen MR) is 76.7 cm³/mol. The fourth-order valence-electron chi connectivity index (χ4n) is 2.18. The van der Waals surface area contributed by atoms with Crippen molar-refractivity contribution in [1.29, 1.82) is 0 Å². The van der Waals surface area contributed by atoms with E-state index in [0.717, 1.165) is 0 Å². The Hall–Kier alpha value is -0.993. The number of nitrogens with zero attached hydrogens (tertiary/aromatic N) is 1. The average Bonchev–Trinajstić information content (AvgIpc) is 2.34. The summed E-state index contributed by atoms with van der Waals surface area (Å²) in [7, 11) is -2.45. The van der Waals surface area contributed by atoms with E-state index in [1.165, 1.54) is 4.90 Å². The number of rotatable bonds is 2. The highest BCUT2D eigenvalue weighted by molar-refractivity contribution is 6.74. The van der Waals surface area contributed by atoms with Crippen molar-refractivity contribution in [3.8, 4) is 0 Å². The number of fused-ring (bicyclic) bond motifs is 1. The van der Waals surface area contributed by atoms with Gasteiger partial charge in [-0.15, -0.1) is 0 Å². The lowest BCUT2D eigenvalue weighted by Gasteiger charge is -2.53. The number of amides is 3. The van der Waals surface area contributed by atoms with E-state index in [9.17, 15) is 14.0 Å². The molecule has 8 heteroatoms. The number of halogens is 1. The molecule has 1 N–H and O–H groups in total. The summed E-state index contributed by atoms with van der Waals surface area (Å²) in [5, 5.41) is 1.80. The standard InChI is InChI=1S/C13H23FN2O4Si/c1-12(2,3)21(4,5)20-13-9(14)10(17)15-11(18)16(13)7-6-8-19-13/h9H,6-8H2,1-5H3,(H,15,17,18)/t9-,13?/m1/s1. The van der Waals surface area contributed by atoms with Gasteiger partial charge >= 0.3 is 6.03 Å². The number of hydrogen-bond acceptors (Lipinski definition) is 4. The Labute approximate surface area is 125 Å². The van der Waals surface area contributed by atoms with Gasteiger partial charge in [-0.2, -0.15) is 0 Å². The number of urea groups is 1. The van der Waals surface area contributed by atoms with E-state index >= 15 is 0 Å². The van der Waals surface area contributed by atoms with E-state index in [1.807, 2.05) is 39.2 Å². The van der Waals surface area contributed by atoms with Gasteiger partial charge in [0.15, 0.2) is 8.32 Å². The van der Waals surface area contributed by atoms with E-state index in [-0.39, 0.29) is 11.6 Å². The lowest BCUT2D eigenvalue weighted by molar-refractivity contribution is -0.311. The molecule has 2 fully saturated rings. The fourth-order valence-corrected chi connectivity index (χ4v) is 3.49. The van der Waals surface area contributed by atoms with Crippen molar-refractivity contribution >= 4 is 20.3 Å². The van der Waals surface area contributed by atoms with Crippen LogP contribution in [-0.2, 0) is 14.0 Å². The van der Waals surface area contributed by atoms with Crippen molar-refractivity contribution in [2.75, 3.05) is 13.2 Å². The van der Waals surface area contributed by atoms with Crippen LogP contribution in [0.2, 0.25) is 18.1 Å². The average molecular weight is 318 g/mol. The molecule has 2 aliphatic rings. The Morgan fingerprint density at radius 1 is 1.43 bits per heavy atom. The van der Waals surface area contributed by atoms with Gasteiger partial charge in [-0.05, 0) is 24.6 Å². The molecule has 2 atom stereocenters. The quantitative estimate of drug-likeness (QED) is 0.791. The molecule has 3 amide bonds. The molecule has 2 aliphatic heterocycles.